The molecule has 1 aromatic heterocycles. The molecule has 0 bridgehead atoms. The Morgan fingerprint density at radius 3 is 2.54 bits per heavy atom. The Bertz CT molecular complexity index is 1130. The lowest BCUT2D eigenvalue weighted by molar-refractivity contribution is 0.0526. The average molecular weight is 395 g/mol. The second-order valence-electron chi connectivity index (χ2n) is 5.69. The number of esters is 1. The Hall–Kier alpha value is -3.52. The van der Waals surface area contributed by atoms with Gasteiger partial charge < -0.3 is 9.84 Å². The molecule has 0 aliphatic heterocycles. The van der Waals surface area contributed by atoms with E-state index < -0.39 is 11.5 Å². The number of rotatable bonds is 5. The fraction of sp³-hybridized carbons (Fsp3) is 0.100. The lowest BCUT2D eigenvalue weighted by Crippen LogP contribution is -2.17. The summed E-state index contributed by atoms with van der Waals surface area (Å²) in [6.07, 6.45) is 1.25. The number of nitrogens with zero attached hydrogens (tertiary/aromatic N) is 2. The van der Waals surface area contributed by atoms with Crippen LogP contribution in [0.25, 0.3) is 5.69 Å². The summed E-state index contributed by atoms with van der Waals surface area (Å²) in [6, 6.07) is 15.3. The van der Waals surface area contributed by atoms with Crippen LogP contribution < -0.4 is 5.56 Å². The molecule has 3 rings (SSSR count). The molecule has 3 aromatic rings. The molecule has 8 heteroatoms. The highest BCUT2D eigenvalue weighted by atomic mass is 32.1. The summed E-state index contributed by atoms with van der Waals surface area (Å²) in [4.78, 5) is 30.6. The van der Waals surface area contributed by atoms with Gasteiger partial charge in [-0.05, 0) is 55.5 Å². The molecule has 0 aliphatic carbocycles. The summed E-state index contributed by atoms with van der Waals surface area (Å²) < 4.78 is 6.35. The van der Waals surface area contributed by atoms with Gasteiger partial charge in [-0.25, -0.2) is 4.79 Å². The van der Waals surface area contributed by atoms with Gasteiger partial charge in [-0.3, -0.25) is 19.3 Å². The summed E-state index contributed by atoms with van der Waals surface area (Å²) in [5, 5.41) is 10.6. The number of aliphatic imine (C=N–C) groups is 1. The minimum atomic E-state index is -0.554. The highest BCUT2D eigenvalue weighted by Gasteiger charge is 2.12. The van der Waals surface area contributed by atoms with Crippen LogP contribution in [-0.4, -0.2) is 33.4 Å². The Morgan fingerprint density at radius 2 is 1.89 bits per heavy atom. The molecule has 7 nitrogen and oxygen atoms in total. The molecule has 0 spiro atoms. The molecule has 0 saturated carbocycles. The summed E-state index contributed by atoms with van der Waals surface area (Å²) in [7, 11) is 0. The van der Waals surface area contributed by atoms with E-state index in [-0.39, 0.29) is 16.2 Å². The maximum absolute atomic E-state index is 12.2. The third-order valence-corrected chi connectivity index (χ3v) is 4.14. The molecule has 0 saturated heterocycles. The first-order chi connectivity index (χ1) is 13.5. The first-order valence-electron chi connectivity index (χ1n) is 8.46. The predicted molar refractivity (Wildman–Crippen MR) is 109 cm³/mol. The normalized spacial score (nSPS) is 10.9. The third kappa shape index (κ3) is 4.07. The fourth-order valence-corrected chi connectivity index (χ4v) is 2.79. The van der Waals surface area contributed by atoms with Gasteiger partial charge in [-0.1, -0.05) is 18.2 Å². The van der Waals surface area contributed by atoms with Crippen molar-refractivity contribution in [3.05, 3.63) is 80.8 Å². The molecule has 0 aliphatic rings. The van der Waals surface area contributed by atoms with Gasteiger partial charge in [-0.2, -0.15) is 0 Å². The fourth-order valence-electron chi connectivity index (χ4n) is 2.51. The van der Waals surface area contributed by atoms with Gasteiger partial charge in [0.2, 0.25) is 5.88 Å². The predicted octanol–water partition coefficient (Wildman–Crippen LogP) is 3.53. The van der Waals surface area contributed by atoms with E-state index in [9.17, 15) is 14.7 Å². The molecule has 1 heterocycles. The molecule has 0 amide bonds. The molecule has 2 N–H and O–H groups in total. The minimum absolute atomic E-state index is 0.0353. The Morgan fingerprint density at radius 1 is 1.21 bits per heavy atom. The molecule has 0 unspecified atom stereocenters. The van der Waals surface area contributed by atoms with Gasteiger partial charge in [0.15, 0.2) is 4.77 Å². The van der Waals surface area contributed by atoms with Gasteiger partial charge in [0, 0.05) is 6.21 Å². The summed E-state index contributed by atoms with van der Waals surface area (Å²) >= 11 is 5.17. The van der Waals surface area contributed by atoms with E-state index in [1.807, 2.05) is 6.07 Å². The van der Waals surface area contributed by atoms with E-state index in [1.165, 1.54) is 10.8 Å². The van der Waals surface area contributed by atoms with Crippen molar-refractivity contribution in [2.45, 2.75) is 6.92 Å². The lowest BCUT2D eigenvalue weighted by Gasteiger charge is -2.10. The maximum Gasteiger partial charge on any atom is 0.338 e. The van der Waals surface area contributed by atoms with Gasteiger partial charge in [0.05, 0.1) is 23.5 Å². The molecule has 0 fully saturated rings. The van der Waals surface area contributed by atoms with Crippen molar-refractivity contribution in [3.8, 4) is 11.6 Å². The largest absolute Gasteiger partial charge is 0.494 e. The SMILES string of the molecule is CCOC(=O)c1ccc(N=Cc2c(O)n(-c3ccccc3)c(=S)[nH]c2=O)cc1. The van der Waals surface area contributed by atoms with Gasteiger partial charge in [0.25, 0.3) is 5.56 Å². The maximum atomic E-state index is 12.2. The molecular weight excluding hydrogens is 378 g/mol. The van der Waals surface area contributed by atoms with Crippen LogP contribution in [0, 0.1) is 4.77 Å². The number of aromatic nitrogens is 2. The highest BCUT2D eigenvalue weighted by Crippen LogP contribution is 2.19. The van der Waals surface area contributed by atoms with E-state index >= 15 is 0 Å². The number of hydrogen-bond acceptors (Lipinski definition) is 6. The molecular formula is C20H17N3O4S. The van der Waals surface area contributed by atoms with Crippen LogP contribution in [0.5, 0.6) is 5.88 Å². The van der Waals surface area contributed by atoms with Crippen LogP contribution >= 0.6 is 12.2 Å². The second kappa shape index (κ2) is 8.45. The second-order valence-corrected chi connectivity index (χ2v) is 6.08. The van der Waals surface area contributed by atoms with E-state index in [0.717, 1.165) is 0 Å². The van der Waals surface area contributed by atoms with Crippen LogP contribution in [-0.2, 0) is 4.74 Å². The van der Waals surface area contributed by atoms with Crippen molar-refractivity contribution in [1.29, 1.82) is 0 Å². The van der Waals surface area contributed by atoms with Crippen LogP contribution in [0.1, 0.15) is 22.8 Å². The number of benzene rings is 2. The number of H-pyrrole nitrogens is 1. The summed E-state index contributed by atoms with van der Waals surface area (Å²) in [5.41, 5.74) is 0.919. The number of ether oxygens (including phenoxy) is 1. The molecule has 28 heavy (non-hydrogen) atoms. The summed E-state index contributed by atoms with van der Waals surface area (Å²) in [5.74, 6) is -0.733. The van der Waals surface area contributed by atoms with Crippen LogP contribution in [0.3, 0.4) is 0 Å². The van der Waals surface area contributed by atoms with E-state index in [1.54, 1.807) is 55.5 Å². The number of hydrogen-bond donors (Lipinski definition) is 2. The van der Waals surface area contributed by atoms with Crippen molar-refractivity contribution >= 4 is 30.1 Å². The zero-order valence-electron chi connectivity index (χ0n) is 15.0. The topological polar surface area (TPSA) is 96.7 Å². The number of carbonyl (C=O) groups excluding carboxylic acids is 1. The van der Waals surface area contributed by atoms with E-state index in [2.05, 4.69) is 9.98 Å². The number of para-hydroxylation sites is 1. The quantitative estimate of drug-likeness (QED) is 0.391. The Balaban J connectivity index is 1.95. The van der Waals surface area contributed by atoms with Crippen molar-refractivity contribution in [2.24, 2.45) is 4.99 Å². The molecule has 2 aromatic carbocycles. The summed E-state index contributed by atoms with van der Waals surface area (Å²) in [6.45, 7) is 2.03. The first-order valence-corrected chi connectivity index (χ1v) is 8.87. The number of aromatic hydroxyl groups is 1. The third-order valence-electron chi connectivity index (χ3n) is 3.86. The van der Waals surface area contributed by atoms with Crippen molar-refractivity contribution in [1.82, 2.24) is 9.55 Å². The number of carbonyl (C=O) groups is 1. The molecule has 142 valence electrons. The minimum Gasteiger partial charge on any atom is -0.494 e. The van der Waals surface area contributed by atoms with Crippen molar-refractivity contribution < 1.29 is 14.6 Å². The zero-order chi connectivity index (χ0) is 20.1. The first kappa shape index (κ1) is 19.2. The van der Waals surface area contributed by atoms with Crippen LogP contribution in [0.15, 0.2) is 64.4 Å². The Kier molecular flexibility index (Phi) is 5.81. The monoisotopic (exact) mass is 395 g/mol. The number of aromatic amines is 1. The molecule has 0 radical (unpaired) electrons. The smallest absolute Gasteiger partial charge is 0.338 e. The van der Waals surface area contributed by atoms with Gasteiger partial charge >= 0.3 is 5.97 Å². The van der Waals surface area contributed by atoms with Crippen LogP contribution in [0.4, 0.5) is 5.69 Å². The zero-order valence-corrected chi connectivity index (χ0v) is 15.8. The van der Waals surface area contributed by atoms with Gasteiger partial charge in [-0.15, -0.1) is 0 Å². The van der Waals surface area contributed by atoms with E-state index in [4.69, 9.17) is 17.0 Å². The van der Waals surface area contributed by atoms with Crippen LogP contribution in [0.2, 0.25) is 0 Å². The number of nitrogens with one attached hydrogen (secondary N) is 1. The van der Waals surface area contributed by atoms with Crippen molar-refractivity contribution in [2.75, 3.05) is 6.61 Å². The van der Waals surface area contributed by atoms with Crippen molar-refractivity contribution in [3.63, 3.8) is 0 Å². The van der Waals surface area contributed by atoms with E-state index in [0.29, 0.717) is 23.5 Å². The molecule has 0 atom stereocenters. The highest BCUT2D eigenvalue weighted by molar-refractivity contribution is 7.71. The van der Waals surface area contributed by atoms with Gasteiger partial charge in [0.1, 0.15) is 5.56 Å². The Labute approximate surface area is 165 Å². The lowest BCUT2D eigenvalue weighted by atomic mass is 10.2. The standard InChI is InChI=1S/C20H17N3O4S/c1-2-27-19(26)13-8-10-14(11-9-13)21-12-16-17(24)22-20(28)23(18(16)25)15-6-4-3-5-7-15/h3-12,25H,2H2,1H3,(H,22,24,28). The average Bonchev–Trinajstić information content (AvgIpc) is 2.69.